The zero-order valence-electron chi connectivity index (χ0n) is 14.1. The normalized spacial score (nSPS) is 11.5. The van der Waals surface area contributed by atoms with Crippen molar-refractivity contribution in [2.45, 2.75) is 17.3 Å². The molecule has 0 aliphatic carbocycles. The van der Waals surface area contributed by atoms with Gasteiger partial charge >= 0.3 is 5.51 Å². The molecule has 0 aliphatic rings. The number of nitrogens with one attached hydrogen (secondary N) is 1. The van der Waals surface area contributed by atoms with E-state index in [1.54, 1.807) is 0 Å². The van der Waals surface area contributed by atoms with Gasteiger partial charge in [0.25, 0.3) is 5.91 Å². The molecule has 1 aromatic heterocycles. The Bertz CT molecular complexity index is 999. The number of anilines is 1. The molecular formula is C18H11ClF4N2O2S. The monoisotopic (exact) mass is 430 g/mol. The van der Waals surface area contributed by atoms with Gasteiger partial charge in [0.1, 0.15) is 22.8 Å². The first-order valence-corrected chi connectivity index (χ1v) is 8.93. The number of carbonyl (C=O) groups excluding carboxylic acids is 1. The second-order valence-electron chi connectivity index (χ2n) is 5.59. The molecule has 0 spiro atoms. The van der Waals surface area contributed by atoms with Crippen LogP contribution >= 0.6 is 23.4 Å². The minimum absolute atomic E-state index is 0.0227. The van der Waals surface area contributed by atoms with Crippen molar-refractivity contribution in [2.75, 3.05) is 5.32 Å². The standard InChI is InChI=1S/C18H11ClF4N2O2S/c1-9-14(16(25-27-9)15-12(19)3-2-4-13(15)20)17(26)24-10-5-7-11(8-6-10)28-18(21,22)23/h2-8H,1H3,(H,24,26). The quantitative estimate of drug-likeness (QED) is 0.389. The fourth-order valence-corrected chi connectivity index (χ4v) is 3.26. The summed E-state index contributed by atoms with van der Waals surface area (Å²) in [7, 11) is 0. The van der Waals surface area contributed by atoms with E-state index in [4.69, 9.17) is 16.1 Å². The second-order valence-corrected chi connectivity index (χ2v) is 7.13. The molecule has 146 valence electrons. The summed E-state index contributed by atoms with van der Waals surface area (Å²) in [6.07, 6.45) is 0. The molecule has 1 amide bonds. The maximum atomic E-state index is 14.2. The van der Waals surface area contributed by atoms with E-state index in [0.29, 0.717) is 0 Å². The molecule has 0 unspecified atom stereocenters. The third kappa shape index (κ3) is 4.48. The van der Waals surface area contributed by atoms with Crippen LogP contribution in [0.3, 0.4) is 0 Å². The van der Waals surface area contributed by atoms with Crippen LogP contribution in [0.5, 0.6) is 0 Å². The Kier molecular flexibility index (Phi) is 5.66. The van der Waals surface area contributed by atoms with Gasteiger partial charge in [-0.25, -0.2) is 4.39 Å². The molecule has 0 radical (unpaired) electrons. The first-order valence-electron chi connectivity index (χ1n) is 7.73. The Morgan fingerprint density at radius 1 is 1.18 bits per heavy atom. The van der Waals surface area contributed by atoms with E-state index in [1.165, 1.54) is 49.4 Å². The van der Waals surface area contributed by atoms with Gasteiger partial charge in [0.15, 0.2) is 0 Å². The van der Waals surface area contributed by atoms with E-state index in [0.717, 1.165) is 0 Å². The smallest absolute Gasteiger partial charge is 0.360 e. The molecule has 0 bridgehead atoms. The predicted octanol–water partition coefficient (Wildman–Crippen LogP) is 6.31. The lowest BCUT2D eigenvalue weighted by molar-refractivity contribution is -0.0328. The average Bonchev–Trinajstić information content (AvgIpc) is 2.96. The Morgan fingerprint density at radius 3 is 2.46 bits per heavy atom. The van der Waals surface area contributed by atoms with Gasteiger partial charge in [0.2, 0.25) is 0 Å². The fourth-order valence-electron chi connectivity index (χ4n) is 2.47. The molecule has 0 saturated carbocycles. The molecule has 2 aromatic carbocycles. The van der Waals surface area contributed by atoms with E-state index in [1.807, 2.05) is 0 Å². The molecule has 10 heteroatoms. The van der Waals surface area contributed by atoms with Crippen molar-refractivity contribution < 1.29 is 26.9 Å². The third-order valence-electron chi connectivity index (χ3n) is 3.64. The van der Waals surface area contributed by atoms with Crippen molar-refractivity contribution in [3.8, 4) is 11.3 Å². The second kappa shape index (κ2) is 7.84. The number of aromatic nitrogens is 1. The molecule has 0 aliphatic heterocycles. The SMILES string of the molecule is Cc1onc(-c2c(F)cccc2Cl)c1C(=O)Nc1ccc(SC(F)(F)F)cc1. The lowest BCUT2D eigenvalue weighted by Crippen LogP contribution is -2.13. The van der Waals surface area contributed by atoms with E-state index in [2.05, 4.69) is 10.5 Å². The van der Waals surface area contributed by atoms with Crippen molar-refractivity contribution in [1.29, 1.82) is 0 Å². The van der Waals surface area contributed by atoms with Gasteiger partial charge in [-0.3, -0.25) is 4.79 Å². The zero-order valence-corrected chi connectivity index (χ0v) is 15.7. The highest BCUT2D eigenvalue weighted by Gasteiger charge is 2.29. The van der Waals surface area contributed by atoms with Crippen LogP contribution in [0.2, 0.25) is 5.02 Å². The Morgan fingerprint density at radius 2 is 1.86 bits per heavy atom. The number of alkyl halides is 3. The molecule has 1 heterocycles. The highest BCUT2D eigenvalue weighted by atomic mass is 35.5. The topological polar surface area (TPSA) is 55.1 Å². The van der Waals surface area contributed by atoms with Crippen molar-refractivity contribution in [3.05, 3.63) is 64.6 Å². The molecule has 4 nitrogen and oxygen atoms in total. The Balaban J connectivity index is 1.87. The highest BCUT2D eigenvalue weighted by Crippen LogP contribution is 2.37. The lowest BCUT2D eigenvalue weighted by atomic mass is 10.0. The van der Waals surface area contributed by atoms with Gasteiger partial charge in [-0.05, 0) is 55.1 Å². The van der Waals surface area contributed by atoms with Crippen LogP contribution in [-0.4, -0.2) is 16.6 Å². The minimum atomic E-state index is -4.40. The summed E-state index contributed by atoms with van der Waals surface area (Å²) in [5, 5.41) is 6.32. The van der Waals surface area contributed by atoms with Gasteiger partial charge in [0, 0.05) is 10.6 Å². The van der Waals surface area contributed by atoms with Crippen LogP contribution in [0.4, 0.5) is 23.2 Å². The van der Waals surface area contributed by atoms with Crippen molar-refractivity contribution in [1.82, 2.24) is 5.16 Å². The molecular weight excluding hydrogens is 420 g/mol. The fraction of sp³-hybridized carbons (Fsp3) is 0.111. The number of hydrogen-bond donors (Lipinski definition) is 1. The zero-order chi connectivity index (χ0) is 20.5. The van der Waals surface area contributed by atoms with Crippen LogP contribution in [-0.2, 0) is 0 Å². The average molecular weight is 431 g/mol. The number of benzene rings is 2. The summed E-state index contributed by atoms with van der Waals surface area (Å²) in [5.74, 6) is -1.20. The number of carbonyl (C=O) groups is 1. The number of halogens is 5. The first kappa shape index (κ1) is 20.2. The van der Waals surface area contributed by atoms with Gasteiger partial charge in [-0.15, -0.1) is 0 Å². The van der Waals surface area contributed by atoms with E-state index in [-0.39, 0.29) is 49.9 Å². The molecule has 3 aromatic rings. The molecule has 1 N–H and O–H groups in total. The number of hydrogen-bond acceptors (Lipinski definition) is 4. The number of rotatable bonds is 4. The van der Waals surface area contributed by atoms with E-state index < -0.39 is 17.2 Å². The van der Waals surface area contributed by atoms with Crippen LogP contribution in [0.15, 0.2) is 51.9 Å². The van der Waals surface area contributed by atoms with Gasteiger partial charge in [0.05, 0.1) is 10.6 Å². The maximum absolute atomic E-state index is 14.2. The summed E-state index contributed by atoms with van der Waals surface area (Å²) >= 11 is 5.77. The molecule has 0 saturated heterocycles. The summed E-state index contributed by atoms with van der Waals surface area (Å²) in [5.41, 5.74) is -4.33. The summed E-state index contributed by atoms with van der Waals surface area (Å²) < 4.78 is 56.4. The van der Waals surface area contributed by atoms with Crippen LogP contribution in [0.1, 0.15) is 16.1 Å². The Hall–Kier alpha value is -2.52. The number of amides is 1. The largest absolute Gasteiger partial charge is 0.446 e. The van der Waals surface area contributed by atoms with Crippen LogP contribution in [0, 0.1) is 12.7 Å². The molecule has 28 heavy (non-hydrogen) atoms. The van der Waals surface area contributed by atoms with Crippen molar-refractivity contribution in [2.24, 2.45) is 0 Å². The number of aryl methyl sites for hydroxylation is 1. The van der Waals surface area contributed by atoms with Gasteiger partial charge < -0.3 is 9.84 Å². The van der Waals surface area contributed by atoms with Gasteiger partial charge in [-0.2, -0.15) is 13.2 Å². The van der Waals surface area contributed by atoms with Gasteiger partial charge in [-0.1, -0.05) is 22.8 Å². The maximum Gasteiger partial charge on any atom is 0.446 e. The molecule has 0 fully saturated rings. The molecule has 0 atom stereocenters. The predicted molar refractivity (Wildman–Crippen MR) is 98.0 cm³/mol. The summed E-state index contributed by atoms with van der Waals surface area (Å²) in [4.78, 5) is 12.6. The first-order chi connectivity index (χ1) is 13.2. The van der Waals surface area contributed by atoms with E-state index >= 15 is 0 Å². The van der Waals surface area contributed by atoms with Crippen LogP contribution in [0.25, 0.3) is 11.3 Å². The number of nitrogens with zero attached hydrogens (tertiary/aromatic N) is 1. The summed E-state index contributed by atoms with van der Waals surface area (Å²) in [6.45, 7) is 1.48. The lowest BCUT2D eigenvalue weighted by Gasteiger charge is -2.09. The van der Waals surface area contributed by atoms with Crippen LogP contribution < -0.4 is 5.32 Å². The third-order valence-corrected chi connectivity index (χ3v) is 4.69. The summed E-state index contributed by atoms with van der Waals surface area (Å²) in [6, 6.07) is 9.13. The van der Waals surface area contributed by atoms with E-state index in [9.17, 15) is 22.4 Å². The highest BCUT2D eigenvalue weighted by molar-refractivity contribution is 8.00. The Labute approximate surface area is 165 Å². The minimum Gasteiger partial charge on any atom is -0.360 e. The van der Waals surface area contributed by atoms with Crippen molar-refractivity contribution >= 4 is 35.0 Å². The molecule has 3 rings (SSSR count). The number of thioether (sulfide) groups is 1. The van der Waals surface area contributed by atoms with Crippen molar-refractivity contribution in [3.63, 3.8) is 0 Å².